The molecule has 0 aliphatic heterocycles. The SMILES string of the molecule is CCC(C)n1nc(C2CCCC2)c(C=O)c1Cl. The van der Waals surface area contributed by atoms with Gasteiger partial charge in [-0.15, -0.1) is 0 Å². The number of halogens is 1. The lowest BCUT2D eigenvalue weighted by Gasteiger charge is -2.10. The van der Waals surface area contributed by atoms with E-state index in [1.807, 2.05) is 0 Å². The summed E-state index contributed by atoms with van der Waals surface area (Å²) in [6.45, 7) is 4.17. The molecule has 0 spiro atoms. The molecule has 1 atom stereocenters. The molecule has 1 unspecified atom stereocenters. The van der Waals surface area contributed by atoms with E-state index < -0.39 is 0 Å². The molecule has 1 saturated carbocycles. The minimum Gasteiger partial charge on any atom is -0.298 e. The highest BCUT2D eigenvalue weighted by Crippen LogP contribution is 2.37. The van der Waals surface area contributed by atoms with Crippen molar-refractivity contribution in [1.82, 2.24) is 9.78 Å². The maximum Gasteiger partial charge on any atom is 0.155 e. The van der Waals surface area contributed by atoms with E-state index >= 15 is 0 Å². The fourth-order valence-electron chi connectivity index (χ4n) is 2.52. The Morgan fingerprint density at radius 2 is 2.18 bits per heavy atom. The second-order valence-corrected chi connectivity index (χ2v) is 5.25. The minimum atomic E-state index is 0.247. The van der Waals surface area contributed by atoms with Gasteiger partial charge in [0.15, 0.2) is 6.29 Å². The number of carbonyl (C=O) groups is 1. The van der Waals surface area contributed by atoms with Crippen molar-refractivity contribution in [2.75, 3.05) is 0 Å². The Morgan fingerprint density at radius 3 is 2.71 bits per heavy atom. The summed E-state index contributed by atoms with van der Waals surface area (Å²) in [5, 5.41) is 5.10. The molecule has 1 aromatic heterocycles. The van der Waals surface area contributed by atoms with Gasteiger partial charge < -0.3 is 0 Å². The van der Waals surface area contributed by atoms with Gasteiger partial charge in [0.1, 0.15) is 5.15 Å². The molecule has 2 rings (SSSR count). The Kier molecular flexibility index (Phi) is 3.87. The van der Waals surface area contributed by atoms with E-state index in [0.29, 0.717) is 16.6 Å². The summed E-state index contributed by atoms with van der Waals surface area (Å²) in [6, 6.07) is 0.247. The predicted molar refractivity (Wildman–Crippen MR) is 68.8 cm³/mol. The molecule has 0 aromatic carbocycles. The van der Waals surface area contributed by atoms with Crippen LogP contribution in [0, 0.1) is 0 Å². The molecular weight excluding hydrogens is 236 g/mol. The topological polar surface area (TPSA) is 34.9 Å². The molecule has 0 saturated heterocycles. The van der Waals surface area contributed by atoms with E-state index in [1.54, 1.807) is 4.68 Å². The Labute approximate surface area is 107 Å². The molecule has 94 valence electrons. The Morgan fingerprint density at radius 1 is 1.53 bits per heavy atom. The number of nitrogens with zero attached hydrogens (tertiary/aromatic N) is 2. The van der Waals surface area contributed by atoms with Crippen molar-refractivity contribution in [3.63, 3.8) is 0 Å². The molecule has 17 heavy (non-hydrogen) atoms. The van der Waals surface area contributed by atoms with Crippen LogP contribution in [0.25, 0.3) is 0 Å². The summed E-state index contributed by atoms with van der Waals surface area (Å²) in [4.78, 5) is 11.2. The molecule has 1 aliphatic carbocycles. The smallest absolute Gasteiger partial charge is 0.155 e. The van der Waals surface area contributed by atoms with Gasteiger partial charge in [0.2, 0.25) is 0 Å². The van der Waals surface area contributed by atoms with Crippen LogP contribution >= 0.6 is 11.6 Å². The third-order valence-electron chi connectivity index (χ3n) is 3.78. The third kappa shape index (κ3) is 2.25. The van der Waals surface area contributed by atoms with E-state index in [9.17, 15) is 4.79 Å². The maximum absolute atomic E-state index is 11.2. The Balaban J connectivity index is 2.40. The largest absolute Gasteiger partial charge is 0.298 e. The molecule has 1 fully saturated rings. The van der Waals surface area contributed by atoms with Gasteiger partial charge in [0.25, 0.3) is 0 Å². The minimum absolute atomic E-state index is 0.247. The molecule has 0 radical (unpaired) electrons. The van der Waals surface area contributed by atoms with E-state index in [1.165, 1.54) is 12.8 Å². The molecular formula is C13H19ClN2O. The first kappa shape index (κ1) is 12.6. The van der Waals surface area contributed by atoms with Crippen molar-refractivity contribution in [1.29, 1.82) is 0 Å². The number of hydrogen-bond donors (Lipinski definition) is 0. The Hall–Kier alpha value is -0.830. The summed E-state index contributed by atoms with van der Waals surface area (Å²) in [6.07, 6.45) is 6.56. The average Bonchev–Trinajstić information content (AvgIpc) is 2.95. The molecule has 3 nitrogen and oxygen atoms in total. The van der Waals surface area contributed by atoms with Gasteiger partial charge in [-0.3, -0.25) is 9.48 Å². The van der Waals surface area contributed by atoms with Crippen LogP contribution in [-0.4, -0.2) is 16.1 Å². The van der Waals surface area contributed by atoms with Crippen LogP contribution in [0.2, 0.25) is 5.15 Å². The van der Waals surface area contributed by atoms with Crippen LogP contribution in [0.3, 0.4) is 0 Å². The third-order valence-corrected chi connectivity index (χ3v) is 4.16. The van der Waals surface area contributed by atoms with E-state index in [0.717, 1.165) is 31.2 Å². The zero-order chi connectivity index (χ0) is 12.4. The van der Waals surface area contributed by atoms with Crippen molar-refractivity contribution in [3.05, 3.63) is 16.4 Å². The van der Waals surface area contributed by atoms with Crippen LogP contribution in [0.4, 0.5) is 0 Å². The summed E-state index contributed by atoms with van der Waals surface area (Å²) >= 11 is 6.25. The zero-order valence-corrected chi connectivity index (χ0v) is 11.2. The highest BCUT2D eigenvalue weighted by Gasteiger charge is 2.26. The maximum atomic E-state index is 11.2. The zero-order valence-electron chi connectivity index (χ0n) is 10.4. The lowest BCUT2D eigenvalue weighted by molar-refractivity contribution is 0.112. The van der Waals surface area contributed by atoms with Gasteiger partial charge in [-0.2, -0.15) is 5.10 Å². The molecule has 0 bridgehead atoms. The van der Waals surface area contributed by atoms with Gasteiger partial charge in [0, 0.05) is 5.92 Å². The van der Waals surface area contributed by atoms with Crippen LogP contribution in [-0.2, 0) is 0 Å². The first-order valence-electron chi connectivity index (χ1n) is 6.42. The number of rotatable bonds is 4. The highest BCUT2D eigenvalue weighted by atomic mass is 35.5. The average molecular weight is 255 g/mol. The van der Waals surface area contributed by atoms with Crippen molar-refractivity contribution in [2.24, 2.45) is 0 Å². The summed E-state index contributed by atoms with van der Waals surface area (Å²) < 4.78 is 1.80. The number of aromatic nitrogens is 2. The van der Waals surface area contributed by atoms with Crippen LogP contribution in [0.1, 0.15) is 74.0 Å². The van der Waals surface area contributed by atoms with Crippen LogP contribution < -0.4 is 0 Å². The molecule has 1 aromatic rings. The van der Waals surface area contributed by atoms with Crippen molar-refractivity contribution in [2.45, 2.75) is 57.9 Å². The van der Waals surface area contributed by atoms with Gasteiger partial charge in [-0.25, -0.2) is 0 Å². The first-order chi connectivity index (χ1) is 8.19. The number of hydrogen-bond acceptors (Lipinski definition) is 2. The lowest BCUT2D eigenvalue weighted by Crippen LogP contribution is -2.06. The normalized spacial score (nSPS) is 18.5. The number of aldehydes is 1. The predicted octanol–water partition coefficient (Wildman–Crippen LogP) is 3.98. The standard InChI is InChI=1S/C13H19ClN2O/c1-3-9(2)16-13(14)11(8-17)12(15-16)10-6-4-5-7-10/h8-10H,3-7H2,1-2H3. The fraction of sp³-hybridized carbons (Fsp3) is 0.692. The molecule has 1 aliphatic rings. The molecule has 0 amide bonds. The van der Waals surface area contributed by atoms with Gasteiger partial charge in [-0.05, 0) is 26.2 Å². The van der Waals surface area contributed by atoms with E-state index in [-0.39, 0.29) is 6.04 Å². The summed E-state index contributed by atoms with van der Waals surface area (Å²) in [5.41, 5.74) is 1.53. The molecule has 0 N–H and O–H groups in total. The van der Waals surface area contributed by atoms with Gasteiger partial charge >= 0.3 is 0 Å². The van der Waals surface area contributed by atoms with Crippen LogP contribution in [0.15, 0.2) is 0 Å². The summed E-state index contributed by atoms with van der Waals surface area (Å²) in [7, 11) is 0. The van der Waals surface area contributed by atoms with Crippen LogP contribution in [0.5, 0.6) is 0 Å². The quantitative estimate of drug-likeness (QED) is 0.762. The second kappa shape index (κ2) is 5.21. The second-order valence-electron chi connectivity index (χ2n) is 4.89. The van der Waals surface area contributed by atoms with E-state index in [2.05, 4.69) is 18.9 Å². The first-order valence-corrected chi connectivity index (χ1v) is 6.79. The van der Waals surface area contributed by atoms with Crippen molar-refractivity contribution in [3.8, 4) is 0 Å². The van der Waals surface area contributed by atoms with E-state index in [4.69, 9.17) is 11.6 Å². The number of carbonyl (C=O) groups excluding carboxylic acids is 1. The lowest BCUT2D eigenvalue weighted by atomic mass is 10.0. The van der Waals surface area contributed by atoms with Crippen molar-refractivity contribution >= 4 is 17.9 Å². The highest BCUT2D eigenvalue weighted by molar-refractivity contribution is 6.32. The summed E-state index contributed by atoms with van der Waals surface area (Å²) in [5.74, 6) is 0.429. The van der Waals surface area contributed by atoms with Crippen molar-refractivity contribution < 1.29 is 4.79 Å². The molecule has 4 heteroatoms. The van der Waals surface area contributed by atoms with Gasteiger partial charge in [-0.1, -0.05) is 31.4 Å². The fourth-order valence-corrected chi connectivity index (χ4v) is 2.86. The molecule has 1 heterocycles. The Bertz CT molecular complexity index is 408. The monoisotopic (exact) mass is 254 g/mol. The van der Waals surface area contributed by atoms with Gasteiger partial charge in [0.05, 0.1) is 17.3 Å².